The average Bonchev–Trinajstić information content (AvgIpc) is 1.90. The van der Waals surface area contributed by atoms with Crippen LogP contribution in [-0.4, -0.2) is 0 Å². The molecule has 0 spiro atoms. The second-order valence-corrected chi connectivity index (χ2v) is 2.98. The Balaban J connectivity index is 2.26. The molecule has 0 N–H and O–H groups in total. The van der Waals surface area contributed by atoms with Crippen LogP contribution < -0.4 is 0 Å². The molecule has 0 amide bonds. The van der Waals surface area contributed by atoms with Gasteiger partial charge in [0.2, 0.25) is 0 Å². The fourth-order valence-corrected chi connectivity index (χ4v) is 1.37. The molecule has 0 nitrogen and oxygen atoms in total. The van der Waals surface area contributed by atoms with Crippen molar-refractivity contribution in [3.8, 4) is 0 Å². The molecule has 1 saturated carbocycles. The van der Waals surface area contributed by atoms with Crippen molar-refractivity contribution in [2.75, 3.05) is 0 Å². The highest BCUT2D eigenvalue weighted by Crippen LogP contribution is 2.28. The lowest BCUT2D eigenvalue weighted by molar-refractivity contribution is 0.413. The molecule has 0 aromatic heterocycles. The van der Waals surface area contributed by atoms with Crippen molar-refractivity contribution in [1.82, 2.24) is 0 Å². The van der Waals surface area contributed by atoms with E-state index in [0.717, 1.165) is 12.3 Å². The van der Waals surface area contributed by atoms with Crippen LogP contribution in [0.25, 0.3) is 0 Å². The average molecular weight is 123 g/mol. The summed E-state index contributed by atoms with van der Waals surface area (Å²) in [6.07, 6.45) is 6.29. The van der Waals surface area contributed by atoms with Gasteiger partial charge in [-0.3, -0.25) is 0 Å². The fourth-order valence-electron chi connectivity index (χ4n) is 1.37. The zero-order chi connectivity index (χ0) is 6.69. The number of rotatable bonds is 1. The Hall–Kier alpha value is -0.260. The van der Waals surface area contributed by atoms with Gasteiger partial charge in [0, 0.05) is 0 Å². The molecular formula is C9H15. The Kier molecular flexibility index (Phi) is 2.32. The third-order valence-electron chi connectivity index (χ3n) is 2.22. The monoisotopic (exact) mass is 123 g/mol. The standard InChI is InChI=1S/C9H15/c1-3-9-6-4-8(2)5-7-9/h9H,1-7H2. The Morgan fingerprint density at radius 3 is 2.33 bits per heavy atom. The molecule has 0 heterocycles. The van der Waals surface area contributed by atoms with E-state index in [9.17, 15) is 0 Å². The van der Waals surface area contributed by atoms with E-state index in [4.69, 9.17) is 0 Å². The van der Waals surface area contributed by atoms with E-state index < -0.39 is 0 Å². The highest BCUT2D eigenvalue weighted by molar-refractivity contribution is 4.98. The molecule has 1 fully saturated rings. The first-order valence-corrected chi connectivity index (χ1v) is 3.79. The van der Waals surface area contributed by atoms with Gasteiger partial charge in [0.15, 0.2) is 0 Å². The van der Waals surface area contributed by atoms with E-state index in [0.29, 0.717) is 0 Å². The van der Waals surface area contributed by atoms with Crippen molar-refractivity contribution >= 4 is 0 Å². The Labute approximate surface area is 58.0 Å². The minimum Gasteiger partial charge on any atom is -0.0999 e. The lowest BCUT2D eigenvalue weighted by Gasteiger charge is -2.21. The Morgan fingerprint density at radius 1 is 1.33 bits per heavy atom. The topological polar surface area (TPSA) is 0 Å². The van der Waals surface area contributed by atoms with E-state index in [-0.39, 0.29) is 0 Å². The summed E-state index contributed by atoms with van der Waals surface area (Å²) in [7, 11) is 0. The molecule has 9 heavy (non-hydrogen) atoms. The van der Waals surface area contributed by atoms with Gasteiger partial charge in [-0.15, -0.1) is 0 Å². The van der Waals surface area contributed by atoms with Gasteiger partial charge in [-0.25, -0.2) is 0 Å². The van der Waals surface area contributed by atoms with Gasteiger partial charge < -0.3 is 0 Å². The highest BCUT2D eigenvalue weighted by atomic mass is 14.2. The Morgan fingerprint density at radius 2 is 1.89 bits per heavy atom. The van der Waals surface area contributed by atoms with Crippen LogP contribution in [0.15, 0.2) is 12.2 Å². The minimum absolute atomic E-state index is 0.899. The third kappa shape index (κ3) is 1.85. The van der Waals surface area contributed by atoms with Crippen molar-refractivity contribution in [3.05, 3.63) is 19.1 Å². The predicted molar refractivity (Wildman–Crippen MR) is 41.1 cm³/mol. The van der Waals surface area contributed by atoms with Crippen molar-refractivity contribution in [3.63, 3.8) is 0 Å². The van der Waals surface area contributed by atoms with Crippen LogP contribution in [0.4, 0.5) is 0 Å². The third-order valence-corrected chi connectivity index (χ3v) is 2.22. The molecular weight excluding hydrogens is 108 g/mol. The number of allylic oxidation sites excluding steroid dienone is 1. The predicted octanol–water partition coefficient (Wildman–Crippen LogP) is 2.96. The zero-order valence-electron chi connectivity index (χ0n) is 6.03. The van der Waals surface area contributed by atoms with E-state index in [1.807, 2.05) is 0 Å². The van der Waals surface area contributed by atoms with Crippen molar-refractivity contribution in [1.29, 1.82) is 0 Å². The van der Waals surface area contributed by atoms with Crippen LogP contribution in [0.3, 0.4) is 0 Å². The van der Waals surface area contributed by atoms with E-state index >= 15 is 0 Å². The summed E-state index contributed by atoms with van der Waals surface area (Å²) in [5.74, 6) is 0.899. The molecule has 0 aromatic carbocycles. The van der Waals surface area contributed by atoms with Crippen molar-refractivity contribution in [2.45, 2.75) is 32.1 Å². The molecule has 1 rings (SSSR count). The van der Waals surface area contributed by atoms with E-state index in [1.54, 1.807) is 0 Å². The van der Waals surface area contributed by atoms with E-state index in [2.05, 4.69) is 13.5 Å². The summed E-state index contributed by atoms with van der Waals surface area (Å²) in [6.45, 7) is 7.87. The molecule has 0 atom stereocenters. The van der Waals surface area contributed by atoms with Gasteiger partial charge in [-0.05, 0) is 31.6 Å². The second kappa shape index (κ2) is 3.05. The summed E-state index contributed by atoms with van der Waals surface area (Å²) in [5.41, 5.74) is 1.44. The van der Waals surface area contributed by atoms with Crippen molar-refractivity contribution in [2.24, 2.45) is 5.92 Å². The van der Waals surface area contributed by atoms with Gasteiger partial charge in [0.05, 0.1) is 0 Å². The largest absolute Gasteiger partial charge is 0.0999 e. The number of hydrogen-bond acceptors (Lipinski definition) is 0. The van der Waals surface area contributed by atoms with Crippen LogP contribution in [0.2, 0.25) is 0 Å². The van der Waals surface area contributed by atoms with Crippen LogP contribution >= 0.6 is 0 Å². The summed E-state index contributed by atoms with van der Waals surface area (Å²) in [6, 6.07) is 0. The molecule has 1 radical (unpaired) electrons. The number of hydrogen-bond donors (Lipinski definition) is 0. The van der Waals surface area contributed by atoms with Gasteiger partial charge in [0.25, 0.3) is 0 Å². The minimum atomic E-state index is 0.899. The maximum atomic E-state index is 3.96. The Bertz CT molecular complexity index is 92.6. The summed E-state index contributed by atoms with van der Waals surface area (Å²) in [4.78, 5) is 0. The van der Waals surface area contributed by atoms with Gasteiger partial charge in [-0.2, -0.15) is 0 Å². The van der Waals surface area contributed by atoms with Gasteiger partial charge in [0.1, 0.15) is 0 Å². The molecule has 51 valence electrons. The lowest BCUT2D eigenvalue weighted by Crippen LogP contribution is -2.05. The second-order valence-electron chi connectivity index (χ2n) is 2.98. The van der Waals surface area contributed by atoms with Gasteiger partial charge >= 0.3 is 0 Å². The van der Waals surface area contributed by atoms with E-state index in [1.165, 1.54) is 31.3 Å². The molecule has 0 aromatic rings. The smallest absolute Gasteiger partial charge is 0.0320 e. The quantitative estimate of drug-likeness (QED) is 0.470. The molecule has 1 aliphatic rings. The first-order valence-electron chi connectivity index (χ1n) is 3.79. The molecule has 0 saturated heterocycles. The van der Waals surface area contributed by atoms with Gasteiger partial charge in [-0.1, -0.05) is 25.5 Å². The molecule has 1 aliphatic carbocycles. The summed E-state index contributed by atoms with van der Waals surface area (Å²) < 4.78 is 0. The van der Waals surface area contributed by atoms with Crippen LogP contribution in [0, 0.1) is 12.8 Å². The molecule has 0 heteroatoms. The molecule has 0 unspecified atom stereocenters. The van der Waals surface area contributed by atoms with Crippen LogP contribution in [-0.2, 0) is 0 Å². The first kappa shape index (κ1) is 6.85. The lowest BCUT2D eigenvalue weighted by atomic mass is 9.85. The normalized spacial score (nSPS) is 22.6. The maximum absolute atomic E-state index is 3.96. The SMILES string of the molecule is [CH2]CC1CCC(=C)CC1. The maximum Gasteiger partial charge on any atom is -0.0320 e. The zero-order valence-corrected chi connectivity index (χ0v) is 6.03. The highest BCUT2D eigenvalue weighted by Gasteiger charge is 2.12. The first-order chi connectivity index (χ1) is 4.33. The van der Waals surface area contributed by atoms with Crippen molar-refractivity contribution < 1.29 is 0 Å². The molecule has 0 aliphatic heterocycles. The summed E-state index contributed by atoms with van der Waals surface area (Å²) >= 11 is 0. The molecule has 0 bridgehead atoms. The summed E-state index contributed by atoms with van der Waals surface area (Å²) in [5, 5.41) is 0. The van der Waals surface area contributed by atoms with Crippen LogP contribution in [0.5, 0.6) is 0 Å². The van der Waals surface area contributed by atoms with Crippen LogP contribution in [0.1, 0.15) is 32.1 Å². The fraction of sp³-hybridized carbons (Fsp3) is 0.667.